The van der Waals surface area contributed by atoms with Crippen molar-refractivity contribution in [3.05, 3.63) is 250 Å². The number of nitrogens with one attached hydrogen (secondary N) is 9. The summed E-state index contributed by atoms with van der Waals surface area (Å²) in [5, 5.41) is 34.6. The number of Topliss-reactive ketones (excluding diaryl/α,β-unsaturated/α-hetero) is 6. The Labute approximate surface area is 794 Å². The van der Waals surface area contributed by atoms with Crippen molar-refractivity contribution >= 4 is 161 Å². The van der Waals surface area contributed by atoms with Crippen molar-refractivity contribution < 1.29 is 77.0 Å². The van der Waals surface area contributed by atoms with Crippen LogP contribution in [-0.4, -0.2) is 189 Å². The van der Waals surface area contributed by atoms with Crippen LogP contribution < -0.4 is 47.4 Å². The molecule has 12 heterocycles. The number of carbonyl (C=O) groups excluding carboxylic acids is 15. The average Bonchev–Trinajstić information content (AvgIpc) is 1.58. The number of anilines is 7. The van der Waals surface area contributed by atoms with Gasteiger partial charge in [-0.15, -0.1) is 11.6 Å². The van der Waals surface area contributed by atoms with Gasteiger partial charge in [0.05, 0.1) is 51.9 Å². The van der Waals surface area contributed by atoms with Gasteiger partial charge >= 0.3 is 0 Å². The van der Waals surface area contributed by atoms with Gasteiger partial charge in [-0.25, -0.2) is 19.9 Å². The van der Waals surface area contributed by atoms with Crippen molar-refractivity contribution in [3.63, 3.8) is 0 Å². The van der Waals surface area contributed by atoms with E-state index in [4.69, 9.17) is 11.6 Å². The highest BCUT2D eigenvalue weighted by atomic mass is 35.5. The van der Waals surface area contributed by atoms with Crippen molar-refractivity contribution in [2.75, 3.05) is 62.3 Å². The topological polar surface area (TPSA) is 492 Å². The number of rotatable bonds is 39. The molecule has 0 aliphatic carbocycles. The van der Waals surface area contributed by atoms with Crippen LogP contribution in [0.3, 0.4) is 0 Å². The lowest BCUT2D eigenvalue weighted by Gasteiger charge is -2.17. The summed E-state index contributed by atoms with van der Waals surface area (Å²) in [7, 11) is 16.3. The van der Waals surface area contributed by atoms with Gasteiger partial charge in [-0.05, 0) is 94.6 Å². The number of benzene rings is 3. The summed E-state index contributed by atoms with van der Waals surface area (Å²) in [5.74, 6) is -5.79. The van der Waals surface area contributed by atoms with Crippen LogP contribution in [0.1, 0.15) is 208 Å². The highest BCUT2D eigenvalue weighted by Gasteiger charge is 2.37. The smallest absolute Gasteiger partial charge is 0.292 e. The van der Waals surface area contributed by atoms with E-state index in [0.717, 1.165) is 16.3 Å². The molecule has 11 aromatic heterocycles. The first-order valence-electron chi connectivity index (χ1n) is 43.7. The number of hydrogen-bond donors (Lipinski definition) is 10. The molecule has 1 aliphatic heterocycles. The Morgan fingerprint density at radius 1 is 0.406 bits per heavy atom. The van der Waals surface area contributed by atoms with E-state index in [2.05, 4.69) is 67.5 Å². The van der Waals surface area contributed by atoms with Crippen molar-refractivity contribution in [1.29, 1.82) is 0 Å². The Hall–Kier alpha value is -16.7. The number of alkyl halides is 1. The molecule has 0 radical (unpaired) electrons. The van der Waals surface area contributed by atoms with Gasteiger partial charge in [0, 0.05) is 245 Å². The van der Waals surface area contributed by atoms with Crippen LogP contribution >= 0.6 is 11.6 Å². The number of aromatic nitrogens is 15. The van der Waals surface area contributed by atoms with Gasteiger partial charge in [0.25, 0.3) is 41.4 Å². The quantitative estimate of drug-likeness (QED) is 0.00972. The normalized spacial score (nSPS) is 12.2. The van der Waals surface area contributed by atoms with Crippen molar-refractivity contribution in [2.24, 2.45) is 70.5 Å². The Morgan fingerprint density at radius 3 is 1.46 bits per heavy atom. The van der Waals surface area contributed by atoms with Crippen LogP contribution in [0.2, 0.25) is 0 Å². The van der Waals surface area contributed by atoms with Crippen LogP contribution in [0.4, 0.5) is 40.2 Å². The molecule has 3 aromatic carbocycles. The SMILES string of the molecule is C.CC(=O)Nc1cc(C(=O)Nc2cc(C(=O)Nc3cn(C)c(C(=O)Nc4cc(C(=O)NCCC(=O)Nc5cn(C)c(C(=O)Nc6cn(C)c(C(=O)NCCCC(=O)Cc7cc(C(=O)Cc8cc(C(=O)CCCC(=O)Cc9cn(C)c(C(=O)Cc%10cc(C(=O)Cc%11ccc%12cc(C(=O)N%13CC(CCl)c%14c%13cc(O)c%13ccccc%14%13)[nH]c%12c%11)n(C)c%10)n9)n(C)c8)n(C)c7)n6)n5)n(C)c4)n3)n(C)c2)n(C)c1. The predicted molar refractivity (Wildman–Crippen MR) is 514 cm³/mol. The van der Waals surface area contributed by atoms with E-state index in [1.165, 1.54) is 86.0 Å². The minimum Gasteiger partial charge on any atom is -0.507 e. The first-order chi connectivity index (χ1) is 65.3. The van der Waals surface area contributed by atoms with Gasteiger partial charge in [-0.1, -0.05) is 43.8 Å². The van der Waals surface area contributed by atoms with E-state index in [1.54, 1.807) is 152 Å². The fourth-order valence-corrected chi connectivity index (χ4v) is 17.3. The maximum Gasteiger partial charge on any atom is 0.292 e. The summed E-state index contributed by atoms with van der Waals surface area (Å²) in [4.78, 5) is 222. The second-order valence-corrected chi connectivity index (χ2v) is 34.5. The maximum atomic E-state index is 14.1. The van der Waals surface area contributed by atoms with Gasteiger partial charge in [0.1, 0.15) is 40.1 Å². The summed E-state index contributed by atoms with van der Waals surface area (Å²) in [6, 6.07) is 25.8. The Balaban J connectivity index is 0.0000152. The monoisotopic (exact) mass is 1890 g/mol. The van der Waals surface area contributed by atoms with E-state index in [0.29, 0.717) is 91.1 Å². The van der Waals surface area contributed by atoms with E-state index in [-0.39, 0.29) is 213 Å². The summed E-state index contributed by atoms with van der Waals surface area (Å²) in [5.41, 5.74) is 8.10. The minimum atomic E-state index is -0.718. The predicted octanol–water partition coefficient (Wildman–Crippen LogP) is 10.1. The molecule has 0 spiro atoms. The number of carbonyl (C=O) groups is 15. The molecule has 14 aromatic rings. The molecule has 9 amide bonds. The number of phenols is 1. The third-order valence-corrected chi connectivity index (χ3v) is 23.9. The zero-order valence-electron chi connectivity index (χ0n) is 76.8. The van der Waals surface area contributed by atoms with E-state index < -0.39 is 41.4 Å². The highest BCUT2D eigenvalue weighted by Crippen LogP contribution is 2.46. The molecule has 714 valence electrons. The fourth-order valence-electron chi connectivity index (χ4n) is 17.1. The third kappa shape index (κ3) is 21.9. The molecule has 1 aliphatic rings. The largest absolute Gasteiger partial charge is 0.507 e. The van der Waals surface area contributed by atoms with Crippen LogP contribution in [0.5, 0.6) is 5.75 Å². The first kappa shape index (κ1) is 97.3. The maximum absolute atomic E-state index is 14.1. The number of phenolic OH excluding ortho intramolecular Hbond substituents is 1. The number of H-pyrrole nitrogens is 1. The van der Waals surface area contributed by atoms with Gasteiger partial charge < -0.3 is 103 Å². The molecular formula is C97H103ClN24O16. The molecular weight excluding hydrogens is 1790 g/mol. The Kier molecular flexibility index (Phi) is 28.9. The molecule has 15 rings (SSSR count). The van der Waals surface area contributed by atoms with Crippen LogP contribution in [0.15, 0.2) is 153 Å². The number of nitrogens with zero attached hydrogens (tertiary/aromatic N) is 15. The van der Waals surface area contributed by atoms with Crippen molar-refractivity contribution in [2.45, 2.75) is 90.9 Å². The lowest BCUT2D eigenvalue weighted by atomic mass is 9.95. The van der Waals surface area contributed by atoms with Crippen molar-refractivity contribution in [1.82, 2.24) is 81.2 Å². The van der Waals surface area contributed by atoms with Crippen LogP contribution in [0.25, 0.3) is 21.7 Å². The number of aryl methyl sites for hydroxylation is 10. The molecule has 0 saturated heterocycles. The number of halogens is 1. The molecule has 40 nitrogen and oxygen atoms in total. The third-order valence-electron chi connectivity index (χ3n) is 23.5. The van der Waals surface area contributed by atoms with E-state index in [9.17, 15) is 77.0 Å². The second-order valence-electron chi connectivity index (χ2n) is 34.2. The Bertz CT molecular complexity index is 7280. The number of hydrogen-bond acceptors (Lipinski definition) is 20. The summed E-state index contributed by atoms with van der Waals surface area (Å²) in [6.07, 6.45) is 16.1. The zero-order chi connectivity index (χ0) is 97.8. The average molecular weight is 1900 g/mol. The number of ketones is 6. The van der Waals surface area contributed by atoms with Gasteiger partial charge in [-0.3, -0.25) is 71.9 Å². The number of imidazole rings is 4. The molecule has 138 heavy (non-hydrogen) atoms. The van der Waals surface area contributed by atoms with Crippen LogP contribution in [0, 0.1) is 0 Å². The summed E-state index contributed by atoms with van der Waals surface area (Å²) >= 11 is 6.45. The summed E-state index contributed by atoms with van der Waals surface area (Å²) in [6.45, 7) is 1.69. The first-order valence-corrected chi connectivity index (χ1v) is 44.3. The van der Waals surface area contributed by atoms with Gasteiger partial charge in [0.2, 0.25) is 35.1 Å². The van der Waals surface area contributed by atoms with Crippen LogP contribution in [-0.2, 0) is 122 Å². The highest BCUT2D eigenvalue weighted by molar-refractivity contribution is 6.20. The molecule has 41 heteroatoms. The van der Waals surface area contributed by atoms with E-state index in [1.807, 2.05) is 42.5 Å². The standard InChI is InChI=1S/C96H99ClN24O16.CH4/c1-52(122)100-60-36-74(115(6)45-60)91(132)102-61-38-75(116(7)46-61)92(133)109-82-50-120(11)88(108-82)94(135)103-62-37-73(114(5)47-62)90(131)99-25-23-84(130)105-81-49-119(10)89(106-81)95(136)110-83-51-118(9)87(107-83)93(134)98-24-15-17-63(123)26-54-28-70(112(3)41-54)79(128)32-55-29-69(111(2)42-55)76(125)20-14-16-64(124)35-59-48-117(8)86(101-59)80(129)33-56-30-71(113(4)43-56)78(127)31-53-21-22-57-34-68(104-67(57)27-53)96(137)121-44-58(40-97)85-66-19-13-12-18-65(66)77(126)39-72(85)121;/h12-13,18-19,21-22,27-30,34,36-39,41-43,45-51,58,104,126H,14-17,20,23-26,31-33,35,40,44H2,1-11H3,(H,98,134)(H,99,131)(H,100,122)(H,102,132)(H,103,135)(H,105,130)(H,109,133)(H,110,136);1H4. The Morgan fingerprint density at radius 2 is 0.877 bits per heavy atom. The number of aromatic hydroxyl groups is 1. The fraction of sp³-hybridized carbons (Fsp3) is 0.289. The molecule has 0 bridgehead atoms. The summed E-state index contributed by atoms with van der Waals surface area (Å²) < 4.78 is 15.2. The number of fused-ring (bicyclic) bond motifs is 4. The molecule has 0 saturated carbocycles. The lowest BCUT2D eigenvalue weighted by Crippen LogP contribution is -2.30. The molecule has 0 fully saturated rings. The molecule has 1 unspecified atom stereocenters. The zero-order valence-corrected chi connectivity index (χ0v) is 77.5. The minimum absolute atomic E-state index is 0. The lowest BCUT2D eigenvalue weighted by molar-refractivity contribution is -0.119. The van der Waals surface area contributed by atoms with E-state index >= 15 is 0 Å². The van der Waals surface area contributed by atoms with Crippen molar-refractivity contribution in [3.8, 4) is 5.75 Å². The number of amides is 9. The molecule has 1 atom stereocenters. The second kappa shape index (κ2) is 41.0. The molecule has 10 N–H and O–H groups in total. The van der Waals surface area contributed by atoms with Gasteiger partial charge in [-0.2, -0.15) is 0 Å². The van der Waals surface area contributed by atoms with Gasteiger partial charge in [0.15, 0.2) is 40.6 Å². The number of aromatic amines is 1.